The molecule has 0 bridgehead atoms. The number of carbonyl (C=O) groups excluding carboxylic acids is 1. The van der Waals surface area contributed by atoms with Crippen LogP contribution in [0.25, 0.3) is 0 Å². The molecule has 0 saturated carbocycles. The van der Waals surface area contributed by atoms with Gasteiger partial charge in [0.25, 0.3) is 0 Å². The van der Waals surface area contributed by atoms with E-state index in [1.165, 1.54) is 0 Å². The average molecular weight is 293 g/mol. The maximum atomic E-state index is 11.7. The molecular weight excluding hydrogens is 270 g/mol. The highest BCUT2D eigenvalue weighted by atomic mass is 16.5. The Morgan fingerprint density at radius 1 is 1.24 bits per heavy atom. The first-order valence-corrected chi connectivity index (χ1v) is 7.14. The van der Waals surface area contributed by atoms with E-state index in [9.17, 15) is 9.59 Å². The van der Waals surface area contributed by atoms with Crippen LogP contribution in [-0.4, -0.2) is 29.6 Å². The molecule has 0 unspecified atom stereocenters. The zero-order valence-corrected chi connectivity index (χ0v) is 12.5. The topological polar surface area (TPSA) is 75.6 Å². The van der Waals surface area contributed by atoms with Gasteiger partial charge < -0.3 is 15.2 Å². The molecule has 0 radical (unpaired) electrons. The van der Waals surface area contributed by atoms with Crippen molar-refractivity contribution < 1.29 is 19.4 Å². The lowest BCUT2D eigenvalue weighted by Crippen LogP contribution is -2.44. The van der Waals surface area contributed by atoms with Crippen LogP contribution in [0.4, 0.5) is 0 Å². The van der Waals surface area contributed by atoms with Crippen LogP contribution in [0.5, 0.6) is 0 Å². The standard InChI is InChI=1S/C16H23NO4/c1-12(2)15(16(19)20)17-14(18)9-6-10-21-11-13-7-4-3-5-8-13/h3-5,7-8,12,15H,6,9-11H2,1-2H3,(H,17,18)(H,19,20)/t15-/m1/s1. The summed E-state index contributed by atoms with van der Waals surface area (Å²) in [5.41, 5.74) is 1.09. The van der Waals surface area contributed by atoms with Crippen LogP contribution in [0.15, 0.2) is 30.3 Å². The number of benzene rings is 1. The van der Waals surface area contributed by atoms with E-state index in [0.717, 1.165) is 5.56 Å². The number of hydrogen-bond donors (Lipinski definition) is 2. The monoisotopic (exact) mass is 293 g/mol. The van der Waals surface area contributed by atoms with E-state index in [4.69, 9.17) is 9.84 Å². The number of carboxylic acids is 1. The van der Waals surface area contributed by atoms with Crippen LogP contribution in [0.3, 0.4) is 0 Å². The van der Waals surface area contributed by atoms with Gasteiger partial charge in [-0.3, -0.25) is 4.79 Å². The minimum Gasteiger partial charge on any atom is -0.480 e. The van der Waals surface area contributed by atoms with Crippen molar-refractivity contribution in [3.8, 4) is 0 Å². The third-order valence-electron chi connectivity index (χ3n) is 3.05. The second-order valence-electron chi connectivity index (χ2n) is 5.27. The lowest BCUT2D eigenvalue weighted by atomic mass is 10.0. The average Bonchev–Trinajstić information content (AvgIpc) is 2.45. The minimum atomic E-state index is -1.00. The molecule has 1 amide bonds. The molecule has 0 fully saturated rings. The lowest BCUT2D eigenvalue weighted by molar-refractivity contribution is -0.143. The predicted molar refractivity (Wildman–Crippen MR) is 79.7 cm³/mol. The Labute approximate surface area is 125 Å². The summed E-state index contributed by atoms with van der Waals surface area (Å²) in [6.07, 6.45) is 0.842. The Morgan fingerprint density at radius 3 is 2.48 bits per heavy atom. The van der Waals surface area contributed by atoms with E-state index >= 15 is 0 Å². The van der Waals surface area contributed by atoms with Crippen LogP contribution >= 0.6 is 0 Å². The number of nitrogens with one attached hydrogen (secondary N) is 1. The summed E-state index contributed by atoms with van der Waals surface area (Å²) >= 11 is 0. The van der Waals surface area contributed by atoms with E-state index in [-0.39, 0.29) is 18.2 Å². The highest BCUT2D eigenvalue weighted by Gasteiger charge is 2.22. The molecule has 1 atom stereocenters. The highest BCUT2D eigenvalue weighted by molar-refractivity contribution is 5.83. The molecule has 0 aliphatic carbocycles. The number of amides is 1. The quantitative estimate of drug-likeness (QED) is 0.684. The van der Waals surface area contributed by atoms with Crippen molar-refractivity contribution in [3.63, 3.8) is 0 Å². The van der Waals surface area contributed by atoms with E-state index in [1.54, 1.807) is 13.8 Å². The van der Waals surface area contributed by atoms with Crippen molar-refractivity contribution in [3.05, 3.63) is 35.9 Å². The van der Waals surface area contributed by atoms with Gasteiger partial charge in [-0.05, 0) is 17.9 Å². The molecule has 0 saturated heterocycles. The van der Waals surface area contributed by atoms with Crippen molar-refractivity contribution in [2.24, 2.45) is 5.92 Å². The summed E-state index contributed by atoms with van der Waals surface area (Å²) in [5.74, 6) is -1.39. The SMILES string of the molecule is CC(C)[C@@H](NC(=O)CCCOCc1ccccc1)C(=O)O. The van der Waals surface area contributed by atoms with Gasteiger partial charge in [-0.15, -0.1) is 0 Å². The summed E-state index contributed by atoms with van der Waals surface area (Å²) in [5, 5.41) is 11.5. The van der Waals surface area contributed by atoms with Crippen LogP contribution in [0, 0.1) is 5.92 Å². The number of carboxylic acid groups (broad SMARTS) is 1. The minimum absolute atomic E-state index is 0.138. The second-order valence-corrected chi connectivity index (χ2v) is 5.27. The highest BCUT2D eigenvalue weighted by Crippen LogP contribution is 2.04. The molecule has 2 N–H and O–H groups in total. The van der Waals surface area contributed by atoms with Gasteiger partial charge in [-0.25, -0.2) is 4.79 Å². The van der Waals surface area contributed by atoms with Crippen molar-refractivity contribution in [2.75, 3.05) is 6.61 Å². The molecular formula is C16H23NO4. The van der Waals surface area contributed by atoms with E-state index in [1.807, 2.05) is 30.3 Å². The zero-order valence-electron chi connectivity index (χ0n) is 12.5. The number of rotatable bonds is 9. The molecule has 1 rings (SSSR count). The molecule has 0 aromatic heterocycles. The Kier molecular flexibility index (Phi) is 7.46. The van der Waals surface area contributed by atoms with E-state index in [0.29, 0.717) is 19.6 Å². The Morgan fingerprint density at radius 2 is 1.90 bits per heavy atom. The van der Waals surface area contributed by atoms with Gasteiger partial charge in [-0.1, -0.05) is 44.2 Å². The Bertz CT molecular complexity index is 445. The van der Waals surface area contributed by atoms with Crippen molar-refractivity contribution >= 4 is 11.9 Å². The number of aliphatic carboxylic acids is 1. The first kappa shape index (κ1) is 17.2. The van der Waals surface area contributed by atoms with Crippen LogP contribution in [0.2, 0.25) is 0 Å². The molecule has 0 heterocycles. The largest absolute Gasteiger partial charge is 0.480 e. The van der Waals surface area contributed by atoms with Gasteiger partial charge >= 0.3 is 5.97 Å². The fraction of sp³-hybridized carbons (Fsp3) is 0.500. The normalized spacial score (nSPS) is 12.1. The smallest absolute Gasteiger partial charge is 0.326 e. The molecule has 1 aromatic carbocycles. The molecule has 5 nitrogen and oxygen atoms in total. The van der Waals surface area contributed by atoms with Gasteiger partial charge in [0.15, 0.2) is 0 Å². The van der Waals surface area contributed by atoms with Crippen LogP contribution < -0.4 is 5.32 Å². The van der Waals surface area contributed by atoms with Gasteiger partial charge in [0.05, 0.1) is 6.61 Å². The van der Waals surface area contributed by atoms with Gasteiger partial charge in [0.1, 0.15) is 6.04 Å². The molecule has 116 valence electrons. The summed E-state index contributed by atoms with van der Waals surface area (Å²) in [4.78, 5) is 22.6. The maximum Gasteiger partial charge on any atom is 0.326 e. The fourth-order valence-corrected chi connectivity index (χ4v) is 1.86. The number of carbonyl (C=O) groups is 2. The Hall–Kier alpha value is -1.88. The molecule has 0 spiro atoms. The summed E-state index contributed by atoms with van der Waals surface area (Å²) < 4.78 is 5.47. The van der Waals surface area contributed by atoms with Gasteiger partial charge in [-0.2, -0.15) is 0 Å². The lowest BCUT2D eigenvalue weighted by Gasteiger charge is -2.17. The first-order valence-electron chi connectivity index (χ1n) is 7.14. The fourth-order valence-electron chi connectivity index (χ4n) is 1.86. The summed E-state index contributed by atoms with van der Waals surface area (Å²) in [6, 6.07) is 8.97. The van der Waals surface area contributed by atoms with Gasteiger partial charge in [0, 0.05) is 13.0 Å². The molecule has 21 heavy (non-hydrogen) atoms. The molecule has 0 aliphatic rings. The third-order valence-corrected chi connectivity index (χ3v) is 3.05. The molecule has 1 aromatic rings. The van der Waals surface area contributed by atoms with E-state index in [2.05, 4.69) is 5.32 Å². The van der Waals surface area contributed by atoms with Crippen molar-refractivity contribution in [1.29, 1.82) is 0 Å². The van der Waals surface area contributed by atoms with Crippen LogP contribution in [-0.2, 0) is 20.9 Å². The second kappa shape index (κ2) is 9.13. The van der Waals surface area contributed by atoms with Crippen LogP contribution in [0.1, 0.15) is 32.3 Å². The zero-order chi connectivity index (χ0) is 15.7. The molecule has 0 aliphatic heterocycles. The third kappa shape index (κ3) is 6.90. The number of ether oxygens (including phenoxy) is 1. The number of hydrogen-bond acceptors (Lipinski definition) is 3. The first-order chi connectivity index (χ1) is 10.0. The summed E-state index contributed by atoms with van der Waals surface area (Å²) in [7, 11) is 0. The summed E-state index contributed by atoms with van der Waals surface area (Å²) in [6.45, 7) is 4.53. The van der Waals surface area contributed by atoms with E-state index < -0.39 is 12.0 Å². The molecule has 5 heteroatoms. The van der Waals surface area contributed by atoms with Crippen molar-refractivity contribution in [2.45, 2.75) is 39.3 Å². The van der Waals surface area contributed by atoms with Gasteiger partial charge in [0.2, 0.25) is 5.91 Å². The predicted octanol–water partition coefficient (Wildman–Crippen LogP) is 2.21. The Balaban J connectivity index is 2.17. The maximum absolute atomic E-state index is 11.7. The van der Waals surface area contributed by atoms with Crippen molar-refractivity contribution in [1.82, 2.24) is 5.32 Å².